The predicted octanol–water partition coefficient (Wildman–Crippen LogP) is 3.52. The molecule has 94 valence electrons. The summed E-state index contributed by atoms with van der Waals surface area (Å²) in [7, 11) is 0. The average molecular weight is 235 g/mol. The second kappa shape index (κ2) is 8.62. The number of hydrogen-bond donors (Lipinski definition) is 2. The number of carbonyl (C=O) groups is 1. The molecule has 0 aromatic heterocycles. The number of carboxylic acids is 1. The number of rotatable bonds is 9. The maximum atomic E-state index is 10.3. The van der Waals surface area contributed by atoms with Crippen LogP contribution in [0.15, 0.2) is 30.3 Å². The Hall–Kier alpha value is -1.51. The van der Waals surface area contributed by atoms with Gasteiger partial charge >= 0.3 is 5.97 Å². The van der Waals surface area contributed by atoms with E-state index >= 15 is 0 Å². The molecule has 0 saturated heterocycles. The lowest BCUT2D eigenvalue weighted by atomic mass is 10.1. The van der Waals surface area contributed by atoms with Crippen molar-refractivity contribution >= 4 is 11.7 Å². The van der Waals surface area contributed by atoms with Gasteiger partial charge in [-0.3, -0.25) is 4.79 Å². The average Bonchev–Trinajstić information content (AvgIpc) is 2.33. The van der Waals surface area contributed by atoms with E-state index in [4.69, 9.17) is 5.11 Å². The molecule has 0 aliphatic heterocycles. The van der Waals surface area contributed by atoms with Gasteiger partial charge in [0.05, 0.1) is 0 Å². The molecule has 1 aromatic rings. The van der Waals surface area contributed by atoms with Gasteiger partial charge in [0.2, 0.25) is 0 Å². The Balaban J connectivity index is 1.90. The van der Waals surface area contributed by atoms with Crippen molar-refractivity contribution in [2.45, 2.75) is 38.5 Å². The third kappa shape index (κ3) is 7.39. The molecular weight excluding hydrogens is 214 g/mol. The molecule has 0 radical (unpaired) electrons. The van der Waals surface area contributed by atoms with Crippen molar-refractivity contribution in [2.24, 2.45) is 0 Å². The lowest BCUT2D eigenvalue weighted by Crippen LogP contribution is -2.01. The maximum absolute atomic E-state index is 10.3. The number of para-hydroxylation sites is 1. The highest BCUT2D eigenvalue weighted by Gasteiger charge is 1.96. The van der Waals surface area contributed by atoms with Crippen LogP contribution in [0, 0.1) is 0 Å². The van der Waals surface area contributed by atoms with Crippen molar-refractivity contribution in [2.75, 3.05) is 11.9 Å². The van der Waals surface area contributed by atoms with E-state index in [9.17, 15) is 4.79 Å². The molecule has 0 spiro atoms. The zero-order valence-electron chi connectivity index (χ0n) is 10.2. The van der Waals surface area contributed by atoms with Gasteiger partial charge < -0.3 is 10.4 Å². The van der Waals surface area contributed by atoms with Crippen LogP contribution in [0.4, 0.5) is 5.69 Å². The SMILES string of the molecule is O=C(O)CCCCCCCNc1ccccc1. The standard InChI is InChI=1S/C14H21NO2/c16-14(17)11-7-2-1-3-8-12-15-13-9-5-4-6-10-13/h4-6,9-10,15H,1-3,7-8,11-12H2,(H,16,17). The van der Waals surface area contributed by atoms with E-state index in [1.165, 1.54) is 12.1 Å². The van der Waals surface area contributed by atoms with E-state index in [0.717, 1.165) is 32.2 Å². The summed E-state index contributed by atoms with van der Waals surface area (Å²) in [6.07, 6.45) is 5.58. The van der Waals surface area contributed by atoms with Crippen LogP contribution in [0.2, 0.25) is 0 Å². The van der Waals surface area contributed by atoms with Gasteiger partial charge in [-0.05, 0) is 25.0 Å². The van der Waals surface area contributed by atoms with E-state index in [1.807, 2.05) is 18.2 Å². The van der Waals surface area contributed by atoms with Crippen LogP contribution in [0.5, 0.6) is 0 Å². The zero-order valence-corrected chi connectivity index (χ0v) is 10.2. The van der Waals surface area contributed by atoms with Crippen LogP contribution in [0.25, 0.3) is 0 Å². The van der Waals surface area contributed by atoms with Crippen LogP contribution in [0.3, 0.4) is 0 Å². The van der Waals surface area contributed by atoms with Gasteiger partial charge in [-0.2, -0.15) is 0 Å². The molecular formula is C14H21NO2. The number of hydrogen-bond acceptors (Lipinski definition) is 2. The molecule has 1 rings (SSSR count). The highest BCUT2D eigenvalue weighted by molar-refractivity contribution is 5.66. The Morgan fingerprint density at radius 2 is 1.65 bits per heavy atom. The Morgan fingerprint density at radius 3 is 2.35 bits per heavy atom. The highest BCUT2D eigenvalue weighted by atomic mass is 16.4. The minimum Gasteiger partial charge on any atom is -0.481 e. The molecule has 0 amide bonds. The fourth-order valence-corrected chi connectivity index (χ4v) is 1.72. The summed E-state index contributed by atoms with van der Waals surface area (Å²) in [6, 6.07) is 10.2. The van der Waals surface area contributed by atoms with Gasteiger partial charge in [0.15, 0.2) is 0 Å². The first-order valence-corrected chi connectivity index (χ1v) is 6.30. The molecule has 0 fully saturated rings. The first-order chi connectivity index (χ1) is 8.29. The largest absolute Gasteiger partial charge is 0.481 e. The van der Waals surface area contributed by atoms with Gasteiger partial charge in [-0.25, -0.2) is 0 Å². The van der Waals surface area contributed by atoms with E-state index in [-0.39, 0.29) is 0 Å². The fraction of sp³-hybridized carbons (Fsp3) is 0.500. The third-order valence-corrected chi connectivity index (χ3v) is 2.67. The summed E-state index contributed by atoms with van der Waals surface area (Å²) >= 11 is 0. The Kier molecular flexibility index (Phi) is 6.87. The van der Waals surface area contributed by atoms with Crippen molar-refractivity contribution < 1.29 is 9.90 Å². The molecule has 17 heavy (non-hydrogen) atoms. The summed E-state index contributed by atoms with van der Waals surface area (Å²) in [5.74, 6) is -0.684. The van der Waals surface area contributed by atoms with Crippen LogP contribution in [-0.4, -0.2) is 17.6 Å². The van der Waals surface area contributed by atoms with Crippen molar-refractivity contribution in [1.82, 2.24) is 0 Å². The molecule has 0 saturated carbocycles. The molecule has 0 bridgehead atoms. The number of aliphatic carboxylic acids is 1. The number of anilines is 1. The van der Waals surface area contributed by atoms with Crippen LogP contribution >= 0.6 is 0 Å². The Morgan fingerprint density at radius 1 is 1.00 bits per heavy atom. The second-order valence-electron chi connectivity index (χ2n) is 4.20. The molecule has 0 aliphatic carbocycles. The monoisotopic (exact) mass is 235 g/mol. The molecule has 1 aromatic carbocycles. The van der Waals surface area contributed by atoms with Gasteiger partial charge in [0.25, 0.3) is 0 Å². The number of unbranched alkanes of at least 4 members (excludes halogenated alkanes) is 4. The maximum Gasteiger partial charge on any atom is 0.303 e. The summed E-state index contributed by atoms with van der Waals surface area (Å²) in [6.45, 7) is 0.989. The van der Waals surface area contributed by atoms with Crippen molar-refractivity contribution in [3.8, 4) is 0 Å². The van der Waals surface area contributed by atoms with Crippen LogP contribution in [-0.2, 0) is 4.79 Å². The van der Waals surface area contributed by atoms with Gasteiger partial charge in [0.1, 0.15) is 0 Å². The lowest BCUT2D eigenvalue weighted by Gasteiger charge is -2.05. The summed E-state index contributed by atoms with van der Waals surface area (Å²) in [5, 5.41) is 11.8. The molecule has 0 atom stereocenters. The highest BCUT2D eigenvalue weighted by Crippen LogP contribution is 2.08. The number of benzene rings is 1. The van der Waals surface area contributed by atoms with Gasteiger partial charge in [0, 0.05) is 18.7 Å². The summed E-state index contributed by atoms with van der Waals surface area (Å²) < 4.78 is 0. The quantitative estimate of drug-likeness (QED) is 0.644. The van der Waals surface area contributed by atoms with E-state index < -0.39 is 5.97 Å². The number of carboxylic acid groups (broad SMARTS) is 1. The minimum absolute atomic E-state index is 0.308. The van der Waals surface area contributed by atoms with Crippen molar-refractivity contribution in [3.05, 3.63) is 30.3 Å². The first kappa shape index (κ1) is 13.6. The molecule has 0 aliphatic rings. The van der Waals surface area contributed by atoms with Crippen LogP contribution in [0.1, 0.15) is 38.5 Å². The summed E-state index contributed by atoms with van der Waals surface area (Å²) in [4.78, 5) is 10.3. The van der Waals surface area contributed by atoms with Gasteiger partial charge in [-0.1, -0.05) is 37.5 Å². The Labute approximate surface area is 103 Å². The zero-order chi connectivity index (χ0) is 12.3. The van der Waals surface area contributed by atoms with Crippen LogP contribution < -0.4 is 5.32 Å². The number of nitrogens with one attached hydrogen (secondary N) is 1. The van der Waals surface area contributed by atoms with E-state index in [0.29, 0.717) is 6.42 Å². The molecule has 3 heteroatoms. The molecule has 0 heterocycles. The lowest BCUT2D eigenvalue weighted by molar-refractivity contribution is -0.137. The minimum atomic E-state index is -0.684. The first-order valence-electron chi connectivity index (χ1n) is 6.30. The third-order valence-electron chi connectivity index (χ3n) is 2.67. The molecule has 0 unspecified atom stereocenters. The van der Waals surface area contributed by atoms with E-state index in [2.05, 4.69) is 17.4 Å². The summed E-state index contributed by atoms with van der Waals surface area (Å²) in [5.41, 5.74) is 1.17. The smallest absolute Gasteiger partial charge is 0.303 e. The van der Waals surface area contributed by atoms with Crippen molar-refractivity contribution in [3.63, 3.8) is 0 Å². The second-order valence-corrected chi connectivity index (χ2v) is 4.20. The fourth-order valence-electron chi connectivity index (χ4n) is 1.72. The normalized spacial score (nSPS) is 10.1. The van der Waals surface area contributed by atoms with Crippen molar-refractivity contribution in [1.29, 1.82) is 0 Å². The topological polar surface area (TPSA) is 49.3 Å². The Bertz CT molecular complexity index is 311. The molecule has 2 N–H and O–H groups in total. The predicted molar refractivity (Wildman–Crippen MR) is 70.3 cm³/mol. The van der Waals surface area contributed by atoms with Gasteiger partial charge in [-0.15, -0.1) is 0 Å². The molecule has 3 nitrogen and oxygen atoms in total. The van der Waals surface area contributed by atoms with E-state index in [1.54, 1.807) is 0 Å².